The molecule has 0 aromatic carbocycles. The molecule has 1 aliphatic rings. The lowest BCUT2D eigenvalue weighted by atomic mass is 10.2. The Kier molecular flexibility index (Phi) is 3.89. The summed E-state index contributed by atoms with van der Waals surface area (Å²) < 4.78 is 28.6. The first-order valence-electron chi connectivity index (χ1n) is 6.28. The average molecular weight is 273 g/mol. The van der Waals surface area contributed by atoms with Crippen molar-refractivity contribution in [1.82, 2.24) is 10.1 Å². The van der Waals surface area contributed by atoms with E-state index in [1.807, 2.05) is 13.8 Å². The number of rotatable bonds is 4. The van der Waals surface area contributed by atoms with Gasteiger partial charge in [-0.2, -0.15) is 4.98 Å². The third kappa shape index (κ3) is 3.01. The van der Waals surface area contributed by atoms with Crippen LogP contribution in [0, 0.1) is 0 Å². The summed E-state index contributed by atoms with van der Waals surface area (Å²) in [5.74, 6) is 1.12. The molecule has 1 N–H and O–H groups in total. The van der Waals surface area contributed by atoms with Crippen LogP contribution in [0.2, 0.25) is 0 Å². The van der Waals surface area contributed by atoms with Crippen LogP contribution < -0.4 is 5.32 Å². The Morgan fingerprint density at radius 3 is 2.83 bits per heavy atom. The summed E-state index contributed by atoms with van der Waals surface area (Å²) >= 11 is 0. The van der Waals surface area contributed by atoms with Gasteiger partial charge in [0.15, 0.2) is 15.7 Å². The quantitative estimate of drug-likeness (QED) is 0.896. The summed E-state index contributed by atoms with van der Waals surface area (Å²) in [7, 11) is -2.96. The number of hydrogen-bond acceptors (Lipinski definition) is 6. The van der Waals surface area contributed by atoms with Crippen molar-refractivity contribution in [2.45, 2.75) is 44.3 Å². The Hall–Kier alpha value is -1.11. The van der Waals surface area contributed by atoms with Crippen LogP contribution in [-0.2, 0) is 9.84 Å². The Balaban J connectivity index is 1.94. The Morgan fingerprint density at radius 1 is 1.44 bits per heavy atom. The lowest BCUT2D eigenvalue weighted by Crippen LogP contribution is -2.34. The zero-order valence-corrected chi connectivity index (χ0v) is 11.5. The van der Waals surface area contributed by atoms with Crippen LogP contribution in [-0.4, -0.2) is 36.1 Å². The van der Waals surface area contributed by atoms with Crippen molar-refractivity contribution in [3.05, 3.63) is 5.82 Å². The molecule has 0 aliphatic carbocycles. The highest BCUT2D eigenvalue weighted by molar-refractivity contribution is 7.92. The first-order valence-corrected chi connectivity index (χ1v) is 7.99. The van der Waals surface area contributed by atoms with E-state index in [0.717, 1.165) is 12.8 Å². The van der Waals surface area contributed by atoms with Crippen molar-refractivity contribution in [2.24, 2.45) is 0 Å². The van der Waals surface area contributed by atoms with E-state index in [1.165, 1.54) is 0 Å². The summed E-state index contributed by atoms with van der Waals surface area (Å²) in [6.07, 6.45) is 2.45. The highest BCUT2D eigenvalue weighted by atomic mass is 32.2. The van der Waals surface area contributed by atoms with Gasteiger partial charge in [0.1, 0.15) is 0 Å². The molecule has 2 heterocycles. The SMILES string of the molecule is CC(C)c1noc(NC[C@H]2CCCCS2(=O)=O)n1. The molecule has 1 atom stereocenters. The standard InChI is InChI=1S/C11H19N3O3S/c1-8(2)10-13-11(17-14-10)12-7-9-5-3-4-6-18(9,15)16/h8-9H,3-7H2,1-2H3,(H,12,13,14)/t9-/m1/s1. The number of sulfone groups is 1. The van der Waals surface area contributed by atoms with E-state index >= 15 is 0 Å². The van der Waals surface area contributed by atoms with E-state index < -0.39 is 9.84 Å². The third-order valence-corrected chi connectivity index (χ3v) is 5.43. The fourth-order valence-electron chi connectivity index (χ4n) is 1.99. The van der Waals surface area contributed by atoms with Crippen molar-refractivity contribution in [3.8, 4) is 0 Å². The van der Waals surface area contributed by atoms with Crippen molar-refractivity contribution in [2.75, 3.05) is 17.6 Å². The summed E-state index contributed by atoms with van der Waals surface area (Å²) in [5.41, 5.74) is 0. The van der Waals surface area contributed by atoms with Gasteiger partial charge in [0, 0.05) is 12.5 Å². The molecule has 102 valence electrons. The molecule has 0 spiro atoms. The zero-order valence-electron chi connectivity index (χ0n) is 10.7. The van der Waals surface area contributed by atoms with E-state index in [4.69, 9.17) is 4.52 Å². The highest BCUT2D eigenvalue weighted by Gasteiger charge is 2.28. The molecule has 1 aromatic heterocycles. The topological polar surface area (TPSA) is 85.1 Å². The van der Waals surface area contributed by atoms with Crippen LogP contribution in [0.25, 0.3) is 0 Å². The molecule has 0 radical (unpaired) electrons. The molecule has 0 bridgehead atoms. The molecule has 6 nitrogen and oxygen atoms in total. The average Bonchev–Trinajstić information content (AvgIpc) is 2.76. The fourth-order valence-corrected chi connectivity index (χ4v) is 3.80. The molecule has 18 heavy (non-hydrogen) atoms. The smallest absolute Gasteiger partial charge is 0.321 e. The van der Waals surface area contributed by atoms with Crippen molar-refractivity contribution >= 4 is 15.9 Å². The van der Waals surface area contributed by atoms with Crippen molar-refractivity contribution in [3.63, 3.8) is 0 Å². The van der Waals surface area contributed by atoms with Crippen LogP contribution in [0.4, 0.5) is 6.01 Å². The minimum absolute atomic E-state index is 0.197. The van der Waals surface area contributed by atoms with Gasteiger partial charge in [0.05, 0.1) is 11.0 Å². The second kappa shape index (κ2) is 5.26. The van der Waals surface area contributed by atoms with Crippen LogP contribution in [0.15, 0.2) is 4.52 Å². The minimum Gasteiger partial charge on any atom is -0.336 e. The molecule has 2 rings (SSSR count). The van der Waals surface area contributed by atoms with E-state index in [-0.39, 0.29) is 11.2 Å². The second-order valence-corrected chi connectivity index (χ2v) is 7.38. The van der Waals surface area contributed by atoms with Gasteiger partial charge in [0.25, 0.3) is 0 Å². The van der Waals surface area contributed by atoms with Gasteiger partial charge < -0.3 is 9.84 Å². The predicted molar refractivity (Wildman–Crippen MR) is 68.3 cm³/mol. The molecule has 0 amide bonds. The minimum atomic E-state index is -2.96. The third-order valence-electron chi connectivity index (χ3n) is 3.15. The number of anilines is 1. The van der Waals surface area contributed by atoms with Crippen molar-refractivity contribution in [1.29, 1.82) is 0 Å². The zero-order chi connectivity index (χ0) is 13.2. The van der Waals surface area contributed by atoms with E-state index in [0.29, 0.717) is 30.6 Å². The van der Waals surface area contributed by atoms with Gasteiger partial charge in [-0.05, 0) is 12.8 Å². The largest absolute Gasteiger partial charge is 0.336 e. The normalized spacial score (nSPS) is 23.2. The van der Waals surface area contributed by atoms with Gasteiger partial charge in [0.2, 0.25) is 0 Å². The maximum atomic E-state index is 11.8. The monoisotopic (exact) mass is 273 g/mol. The summed E-state index contributed by atoms with van der Waals surface area (Å²) in [6, 6.07) is 0.305. The summed E-state index contributed by atoms with van der Waals surface area (Å²) in [4.78, 5) is 4.16. The molecule has 7 heteroatoms. The number of aromatic nitrogens is 2. The first-order chi connectivity index (χ1) is 8.49. The maximum absolute atomic E-state index is 11.8. The number of hydrogen-bond donors (Lipinski definition) is 1. The molecular weight excluding hydrogens is 254 g/mol. The van der Waals surface area contributed by atoms with E-state index in [1.54, 1.807) is 0 Å². The van der Waals surface area contributed by atoms with Crippen LogP contribution in [0.1, 0.15) is 44.9 Å². The lowest BCUT2D eigenvalue weighted by Gasteiger charge is -2.21. The van der Waals surface area contributed by atoms with Crippen LogP contribution in [0.5, 0.6) is 0 Å². The molecule has 1 aliphatic heterocycles. The Labute approximate surface area is 107 Å². The molecular formula is C11H19N3O3S. The Bertz CT molecular complexity index is 495. The molecule has 0 saturated carbocycles. The van der Waals surface area contributed by atoms with Gasteiger partial charge in [-0.25, -0.2) is 8.42 Å². The highest BCUT2D eigenvalue weighted by Crippen LogP contribution is 2.20. The molecule has 1 saturated heterocycles. The predicted octanol–water partition coefficient (Wildman–Crippen LogP) is 1.57. The van der Waals surface area contributed by atoms with Gasteiger partial charge in [-0.15, -0.1) is 0 Å². The number of nitrogens with one attached hydrogen (secondary N) is 1. The summed E-state index contributed by atoms with van der Waals surface area (Å²) in [6.45, 7) is 4.29. The van der Waals surface area contributed by atoms with Crippen molar-refractivity contribution < 1.29 is 12.9 Å². The fraction of sp³-hybridized carbons (Fsp3) is 0.818. The first kappa shape index (κ1) is 13.3. The molecule has 1 fully saturated rings. The van der Waals surface area contributed by atoms with E-state index in [2.05, 4.69) is 15.5 Å². The molecule has 1 aromatic rings. The second-order valence-electron chi connectivity index (χ2n) is 4.98. The molecule has 0 unspecified atom stereocenters. The van der Waals surface area contributed by atoms with Crippen LogP contribution >= 0.6 is 0 Å². The van der Waals surface area contributed by atoms with Gasteiger partial charge in [-0.3, -0.25) is 0 Å². The number of nitrogens with zero attached hydrogens (tertiary/aromatic N) is 2. The van der Waals surface area contributed by atoms with Gasteiger partial charge in [-0.1, -0.05) is 25.4 Å². The Morgan fingerprint density at radius 2 is 2.22 bits per heavy atom. The summed E-state index contributed by atoms with van der Waals surface area (Å²) in [5, 5.41) is 6.41. The lowest BCUT2D eigenvalue weighted by molar-refractivity contribution is 0.418. The van der Waals surface area contributed by atoms with E-state index in [9.17, 15) is 8.42 Å². The maximum Gasteiger partial charge on any atom is 0.321 e. The van der Waals surface area contributed by atoms with Crippen LogP contribution in [0.3, 0.4) is 0 Å². The van der Waals surface area contributed by atoms with Gasteiger partial charge >= 0.3 is 6.01 Å².